The molecule has 0 bridgehead atoms. The third-order valence-electron chi connectivity index (χ3n) is 6.03. The molecule has 0 fully saturated rings. The van der Waals surface area contributed by atoms with E-state index in [0.717, 1.165) is 0 Å². The Kier molecular flexibility index (Phi) is 13.5. The summed E-state index contributed by atoms with van der Waals surface area (Å²) in [6, 6.07) is 9.93. The second-order valence-electron chi connectivity index (χ2n) is 9.20. The van der Waals surface area contributed by atoms with E-state index in [1.807, 2.05) is 5.32 Å². The van der Waals surface area contributed by atoms with Crippen LogP contribution in [0, 0.1) is 5.41 Å². The highest BCUT2D eigenvalue weighted by Gasteiger charge is 2.30. The smallest absolute Gasteiger partial charge is 0.305 e. The maximum absolute atomic E-state index is 13.2. The highest BCUT2D eigenvalue weighted by molar-refractivity contribution is 7.80. The molecule has 2 aromatic carbocycles. The van der Waals surface area contributed by atoms with Crippen molar-refractivity contribution < 1.29 is 33.9 Å². The largest absolute Gasteiger partial charge is 0.481 e. The summed E-state index contributed by atoms with van der Waals surface area (Å²) in [6.07, 6.45) is -0.384. The molecule has 230 valence electrons. The van der Waals surface area contributed by atoms with Crippen molar-refractivity contribution >= 4 is 66.7 Å². The van der Waals surface area contributed by atoms with Gasteiger partial charge in [-0.3, -0.25) is 39.5 Å². The monoisotopic (exact) mass is 631 g/mol. The van der Waals surface area contributed by atoms with Crippen LogP contribution in [-0.2, 0) is 19.2 Å². The molecule has 0 aliphatic rings. The molecule has 2 atom stereocenters. The van der Waals surface area contributed by atoms with E-state index in [-0.39, 0.29) is 34.9 Å². The Morgan fingerprint density at radius 1 is 0.930 bits per heavy atom. The molecule has 0 saturated carbocycles. The average molecular weight is 632 g/mol. The standard InChI is InChI=1S/C27H33N7O7S2/c1-34(26(41)16-8-3-5-11-20(16)43)18(9-6-12-30-27(28)29)25(40)31-14-21(35)32-17(13-22(36)37)24(39)33-23(38)15-7-2-4-10-19(15)42/h2-5,7-8,10-11,17-18,42-43H,6,9,12-14H2,1H3,(H,31,40)(H,32,35)(H,36,37)(H4,28,29,30)(H,33,38,39)/t17-,18-/m0/s1. The number of carboxylic acids is 1. The minimum atomic E-state index is -1.64. The number of aliphatic carboxylic acids is 1. The fourth-order valence-corrected chi connectivity index (χ4v) is 4.37. The zero-order valence-electron chi connectivity index (χ0n) is 23.1. The van der Waals surface area contributed by atoms with Gasteiger partial charge in [0.1, 0.15) is 12.1 Å². The van der Waals surface area contributed by atoms with Crippen LogP contribution in [0.3, 0.4) is 0 Å². The summed E-state index contributed by atoms with van der Waals surface area (Å²) in [5.74, 6) is -5.71. The summed E-state index contributed by atoms with van der Waals surface area (Å²) in [6.45, 7) is -0.420. The van der Waals surface area contributed by atoms with Gasteiger partial charge in [0, 0.05) is 23.4 Å². The number of hydrogen-bond acceptors (Lipinski definition) is 9. The fraction of sp³-hybridized carbons (Fsp3) is 0.296. The van der Waals surface area contributed by atoms with E-state index < -0.39 is 60.6 Å². The minimum absolute atomic E-state index is 0.0654. The molecule has 0 heterocycles. The van der Waals surface area contributed by atoms with Crippen LogP contribution in [-0.4, -0.2) is 83.7 Å². The van der Waals surface area contributed by atoms with Crippen molar-refractivity contribution in [1.29, 1.82) is 5.41 Å². The molecule has 14 nitrogen and oxygen atoms in total. The SMILES string of the molecule is CN(C(=O)c1ccccc1S)[C@@H](CCCNC(=N)N)C(=O)NCC(=O)N[C@@H](CC(=O)O)C(=O)NC(=O)c1ccccc1S. The summed E-state index contributed by atoms with van der Waals surface area (Å²) in [7, 11) is 1.42. The lowest BCUT2D eigenvalue weighted by Gasteiger charge is -2.28. The lowest BCUT2D eigenvalue weighted by atomic mass is 10.1. The van der Waals surface area contributed by atoms with E-state index >= 15 is 0 Å². The van der Waals surface area contributed by atoms with Gasteiger partial charge in [-0.1, -0.05) is 24.3 Å². The van der Waals surface area contributed by atoms with Gasteiger partial charge < -0.3 is 31.7 Å². The summed E-state index contributed by atoms with van der Waals surface area (Å²) in [5, 5.41) is 25.8. The highest BCUT2D eigenvalue weighted by atomic mass is 32.1. The second kappa shape index (κ2) is 16.8. The van der Waals surface area contributed by atoms with Gasteiger partial charge in [0.2, 0.25) is 17.7 Å². The Morgan fingerprint density at radius 2 is 1.51 bits per heavy atom. The molecular weight excluding hydrogens is 598 g/mol. The maximum Gasteiger partial charge on any atom is 0.305 e. The van der Waals surface area contributed by atoms with Crippen LogP contribution in [0.15, 0.2) is 58.3 Å². The van der Waals surface area contributed by atoms with Crippen LogP contribution in [0.5, 0.6) is 0 Å². The van der Waals surface area contributed by atoms with Crippen molar-refractivity contribution in [2.45, 2.75) is 41.1 Å². The molecule has 0 unspecified atom stereocenters. The first-order valence-corrected chi connectivity index (χ1v) is 13.8. The molecule has 43 heavy (non-hydrogen) atoms. The van der Waals surface area contributed by atoms with E-state index in [4.69, 9.17) is 11.1 Å². The first-order valence-electron chi connectivity index (χ1n) is 12.9. The number of carbonyl (C=O) groups is 6. The second-order valence-corrected chi connectivity index (χ2v) is 10.2. The molecule has 16 heteroatoms. The molecule has 0 radical (unpaired) electrons. The summed E-state index contributed by atoms with van der Waals surface area (Å²) in [5.41, 5.74) is 5.61. The van der Waals surface area contributed by atoms with E-state index in [9.17, 15) is 33.9 Å². The zero-order valence-corrected chi connectivity index (χ0v) is 24.9. The van der Waals surface area contributed by atoms with E-state index in [0.29, 0.717) is 11.3 Å². The molecule has 8 N–H and O–H groups in total. The quantitative estimate of drug-likeness (QED) is 0.0591. The van der Waals surface area contributed by atoms with Gasteiger partial charge in [-0.05, 0) is 37.1 Å². The number of hydrogen-bond donors (Lipinski definition) is 9. The summed E-state index contributed by atoms with van der Waals surface area (Å²) >= 11 is 8.45. The number of carbonyl (C=O) groups excluding carboxylic acids is 5. The Labute approximate surface area is 258 Å². The lowest BCUT2D eigenvalue weighted by Crippen LogP contribution is -2.53. The average Bonchev–Trinajstić information content (AvgIpc) is 2.95. The first kappa shape index (κ1) is 34.6. The van der Waals surface area contributed by atoms with Crippen molar-refractivity contribution in [3.63, 3.8) is 0 Å². The van der Waals surface area contributed by atoms with E-state index in [2.05, 4.69) is 41.2 Å². The molecule has 0 saturated heterocycles. The van der Waals surface area contributed by atoms with Crippen LogP contribution in [0.2, 0.25) is 0 Å². The number of nitrogens with two attached hydrogens (primary N) is 1. The first-order chi connectivity index (χ1) is 20.3. The summed E-state index contributed by atoms with van der Waals surface area (Å²) in [4.78, 5) is 77.3. The number of thiol groups is 2. The Balaban J connectivity index is 2.09. The predicted octanol–water partition coefficient (Wildman–Crippen LogP) is 0.000170. The molecule has 5 amide bonds. The number of guanidine groups is 1. The minimum Gasteiger partial charge on any atom is -0.481 e. The molecule has 0 aliphatic carbocycles. The Hall–Kier alpha value is -4.57. The topological polar surface area (TPSA) is 224 Å². The number of carboxylic acid groups (broad SMARTS) is 1. The fourth-order valence-electron chi connectivity index (χ4n) is 3.85. The number of likely N-dealkylation sites (N-methyl/N-ethyl adjacent to an activating group) is 1. The predicted molar refractivity (Wildman–Crippen MR) is 162 cm³/mol. The number of benzene rings is 2. The van der Waals surface area contributed by atoms with Crippen LogP contribution >= 0.6 is 25.3 Å². The summed E-state index contributed by atoms with van der Waals surface area (Å²) < 4.78 is 0. The number of nitrogens with one attached hydrogen (secondary N) is 5. The Bertz CT molecular complexity index is 1390. The van der Waals surface area contributed by atoms with Crippen molar-refractivity contribution in [3.05, 3.63) is 59.7 Å². The molecule has 0 aromatic heterocycles. The van der Waals surface area contributed by atoms with E-state index in [1.54, 1.807) is 36.4 Å². The number of rotatable bonds is 14. The molecule has 2 aromatic rings. The zero-order chi connectivity index (χ0) is 32.1. The van der Waals surface area contributed by atoms with Gasteiger partial charge >= 0.3 is 5.97 Å². The number of imide groups is 1. The third kappa shape index (κ3) is 11.0. The van der Waals surface area contributed by atoms with Crippen LogP contribution in [0.4, 0.5) is 0 Å². The van der Waals surface area contributed by atoms with E-state index in [1.165, 1.54) is 24.1 Å². The van der Waals surface area contributed by atoms with Gasteiger partial charge in [0.25, 0.3) is 11.8 Å². The molecule has 2 rings (SSSR count). The molecule has 0 aliphatic heterocycles. The maximum atomic E-state index is 13.2. The van der Waals surface area contributed by atoms with Gasteiger partial charge in [0.15, 0.2) is 5.96 Å². The van der Waals surface area contributed by atoms with Crippen molar-refractivity contribution in [3.8, 4) is 0 Å². The van der Waals surface area contributed by atoms with Gasteiger partial charge in [-0.25, -0.2) is 0 Å². The van der Waals surface area contributed by atoms with Crippen molar-refractivity contribution in [2.24, 2.45) is 5.73 Å². The van der Waals surface area contributed by atoms with Crippen LogP contribution in [0.25, 0.3) is 0 Å². The normalized spacial score (nSPS) is 11.8. The van der Waals surface area contributed by atoms with Gasteiger partial charge in [0.05, 0.1) is 24.1 Å². The highest BCUT2D eigenvalue weighted by Crippen LogP contribution is 2.18. The molecule has 0 spiro atoms. The van der Waals surface area contributed by atoms with Gasteiger partial charge in [-0.15, -0.1) is 25.3 Å². The van der Waals surface area contributed by atoms with Crippen molar-refractivity contribution in [2.75, 3.05) is 20.1 Å². The van der Waals surface area contributed by atoms with Crippen LogP contribution < -0.4 is 27.0 Å². The van der Waals surface area contributed by atoms with Crippen molar-refractivity contribution in [1.82, 2.24) is 26.2 Å². The third-order valence-corrected chi connectivity index (χ3v) is 6.81. The lowest BCUT2D eigenvalue weighted by molar-refractivity contribution is -0.140. The number of nitrogens with zero attached hydrogens (tertiary/aromatic N) is 1. The van der Waals surface area contributed by atoms with Gasteiger partial charge in [-0.2, -0.15) is 0 Å². The Morgan fingerprint density at radius 3 is 2.07 bits per heavy atom. The molecular formula is C27H33N7O7S2. The number of amides is 5. The van der Waals surface area contributed by atoms with Crippen LogP contribution in [0.1, 0.15) is 40.0 Å².